The fraction of sp³-hybridized carbons (Fsp3) is 0.400. The zero-order chi connectivity index (χ0) is 19.8. The quantitative estimate of drug-likeness (QED) is 0.648. The number of hydrogen-bond donors (Lipinski definition) is 2. The molecule has 0 spiro atoms. The molecule has 12 heteroatoms. The number of imide groups is 1. The van der Waals surface area contributed by atoms with Gasteiger partial charge >= 0.3 is 6.03 Å². The molecule has 4 amide bonds. The Morgan fingerprint density at radius 2 is 2.11 bits per heavy atom. The average molecular weight is 419 g/mol. The molecule has 1 unspecified atom stereocenters. The highest BCUT2D eigenvalue weighted by molar-refractivity contribution is 7.89. The normalized spacial score (nSPS) is 20.3. The standard InChI is InChI=1S/C15H16ClFN4O5S/c16-11-5-10(1-2-12(11)17)27(25,26)19-7-13(22)20-4-3-9(8-20)21-14(23)6-18-15(21)24/h1-2,5,9,19H,3-4,6-8H2,(H,18,24). The third kappa shape index (κ3) is 4.04. The van der Waals surface area contributed by atoms with Crippen molar-refractivity contribution in [1.29, 1.82) is 0 Å². The molecule has 1 atom stereocenters. The van der Waals surface area contributed by atoms with Crippen LogP contribution in [0.2, 0.25) is 5.02 Å². The van der Waals surface area contributed by atoms with Gasteiger partial charge in [0, 0.05) is 13.1 Å². The number of sulfonamides is 1. The van der Waals surface area contributed by atoms with E-state index >= 15 is 0 Å². The van der Waals surface area contributed by atoms with Crippen LogP contribution in [0.3, 0.4) is 0 Å². The van der Waals surface area contributed by atoms with Crippen molar-refractivity contribution in [2.75, 3.05) is 26.2 Å². The SMILES string of the molecule is O=C(CNS(=O)(=O)c1ccc(F)c(Cl)c1)N1CCC(N2C(=O)CNC2=O)C1. The number of nitrogens with one attached hydrogen (secondary N) is 2. The number of nitrogens with zero attached hydrogens (tertiary/aromatic N) is 2. The minimum absolute atomic E-state index is 0.0662. The van der Waals surface area contributed by atoms with Gasteiger partial charge in [0.15, 0.2) is 0 Å². The molecule has 2 fully saturated rings. The fourth-order valence-corrected chi connectivity index (χ4v) is 4.22. The van der Waals surface area contributed by atoms with E-state index in [1.165, 1.54) is 4.90 Å². The van der Waals surface area contributed by atoms with Gasteiger partial charge in [-0.05, 0) is 24.6 Å². The Kier molecular flexibility index (Phi) is 5.36. The zero-order valence-electron chi connectivity index (χ0n) is 13.9. The van der Waals surface area contributed by atoms with Crippen LogP contribution in [0.25, 0.3) is 0 Å². The number of rotatable bonds is 5. The van der Waals surface area contributed by atoms with Crippen molar-refractivity contribution in [3.05, 3.63) is 29.0 Å². The van der Waals surface area contributed by atoms with Crippen molar-refractivity contribution < 1.29 is 27.2 Å². The minimum Gasteiger partial charge on any atom is -0.339 e. The summed E-state index contributed by atoms with van der Waals surface area (Å²) in [6.07, 6.45) is 0.422. The molecule has 2 N–H and O–H groups in total. The molecule has 0 bridgehead atoms. The summed E-state index contributed by atoms with van der Waals surface area (Å²) in [7, 11) is -4.05. The second kappa shape index (κ2) is 7.41. The van der Waals surface area contributed by atoms with Gasteiger partial charge < -0.3 is 10.2 Å². The molecule has 2 aliphatic rings. The van der Waals surface area contributed by atoms with Gasteiger partial charge in [0.2, 0.25) is 21.8 Å². The Balaban J connectivity index is 1.59. The Morgan fingerprint density at radius 3 is 2.74 bits per heavy atom. The second-order valence-corrected chi connectivity index (χ2v) is 8.28. The maximum Gasteiger partial charge on any atom is 0.324 e. The lowest BCUT2D eigenvalue weighted by molar-refractivity contribution is -0.130. The van der Waals surface area contributed by atoms with E-state index in [-0.39, 0.29) is 28.9 Å². The molecular weight excluding hydrogens is 403 g/mol. The van der Waals surface area contributed by atoms with E-state index in [1.807, 2.05) is 0 Å². The molecule has 0 saturated carbocycles. The Bertz CT molecular complexity index is 893. The van der Waals surface area contributed by atoms with E-state index in [0.717, 1.165) is 23.1 Å². The number of halogens is 2. The van der Waals surface area contributed by atoms with Crippen LogP contribution in [0.4, 0.5) is 9.18 Å². The smallest absolute Gasteiger partial charge is 0.324 e. The minimum atomic E-state index is -4.05. The van der Waals surface area contributed by atoms with Crippen LogP contribution in [0.15, 0.2) is 23.1 Å². The van der Waals surface area contributed by atoms with Gasteiger partial charge in [0.05, 0.1) is 29.0 Å². The maximum atomic E-state index is 13.2. The summed E-state index contributed by atoms with van der Waals surface area (Å²) in [5, 5.41) is 2.07. The van der Waals surface area contributed by atoms with Crippen molar-refractivity contribution in [3.63, 3.8) is 0 Å². The van der Waals surface area contributed by atoms with Crippen molar-refractivity contribution >= 4 is 39.5 Å². The first kappa shape index (κ1) is 19.5. The van der Waals surface area contributed by atoms with E-state index < -0.39 is 40.4 Å². The zero-order valence-corrected chi connectivity index (χ0v) is 15.5. The molecule has 27 heavy (non-hydrogen) atoms. The number of hydrogen-bond acceptors (Lipinski definition) is 5. The predicted molar refractivity (Wildman–Crippen MR) is 91.8 cm³/mol. The molecule has 0 aliphatic carbocycles. The highest BCUT2D eigenvalue weighted by atomic mass is 35.5. The molecule has 0 aromatic heterocycles. The van der Waals surface area contributed by atoms with Crippen LogP contribution in [0, 0.1) is 5.82 Å². The van der Waals surface area contributed by atoms with E-state index in [2.05, 4.69) is 10.0 Å². The number of carbonyl (C=O) groups excluding carboxylic acids is 3. The molecule has 2 heterocycles. The van der Waals surface area contributed by atoms with E-state index in [9.17, 15) is 27.2 Å². The van der Waals surface area contributed by atoms with Crippen LogP contribution in [-0.2, 0) is 19.6 Å². The van der Waals surface area contributed by atoms with Crippen LogP contribution in [-0.4, -0.2) is 68.3 Å². The van der Waals surface area contributed by atoms with Crippen molar-refractivity contribution in [3.8, 4) is 0 Å². The lowest BCUT2D eigenvalue weighted by Gasteiger charge is -2.21. The summed E-state index contributed by atoms with van der Waals surface area (Å²) in [5.41, 5.74) is 0. The largest absolute Gasteiger partial charge is 0.339 e. The third-order valence-electron chi connectivity index (χ3n) is 4.37. The first-order valence-electron chi connectivity index (χ1n) is 8.01. The summed E-state index contributed by atoms with van der Waals surface area (Å²) < 4.78 is 39.7. The molecule has 1 aromatic carbocycles. The fourth-order valence-electron chi connectivity index (χ4n) is 2.98. The van der Waals surface area contributed by atoms with Gasteiger partial charge in [-0.1, -0.05) is 11.6 Å². The van der Waals surface area contributed by atoms with E-state index in [1.54, 1.807) is 0 Å². The topological polar surface area (TPSA) is 116 Å². The van der Waals surface area contributed by atoms with Crippen LogP contribution < -0.4 is 10.0 Å². The summed E-state index contributed by atoms with van der Waals surface area (Å²) in [4.78, 5) is 37.9. The number of urea groups is 1. The third-order valence-corrected chi connectivity index (χ3v) is 6.06. The van der Waals surface area contributed by atoms with Crippen molar-refractivity contribution in [1.82, 2.24) is 19.8 Å². The van der Waals surface area contributed by atoms with Crippen molar-refractivity contribution in [2.24, 2.45) is 0 Å². The predicted octanol–water partition coefficient (Wildman–Crippen LogP) is -0.0899. The Labute approximate surface area is 159 Å². The van der Waals surface area contributed by atoms with E-state index in [4.69, 9.17) is 11.6 Å². The number of amides is 4. The van der Waals surface area contributed by atoms with Gasteiger partial charge in [-0.3, -0.25) is 14.5 Å². The summed E-state index contributed by atoms with van der Waals surface area (Å²) in [5.74, 6) is -1.61. The van der Waals surface area contributed by atoms with Crippen LogP contribution in [0.5, 0.6) is 0 Å². The highest BCUT2D eigenvalue weighted by Crippen LogP contribution is 2.20. The molecular formula is C15H16ClFN4O5S. The molecule has 0 radical (unpaired) electrons. The first-order chi connectivity index (χ1) is 12.7. The molecule has 2 saturated heterocycles. The Hall–Kier alpha value is -2.24. The Morgan fingerprint density at radius 1 is 1.37 bits per heavy atom. The van der Waals surface area contributed by atoms with Crippen LogP contribution in [0.1, 0.15) is 6.42 Å². The molecule has 146 valence electrons. The van der Waals surface area contributed by atoms with Crippen molar-refractivity contribution in [2.45, 2.75) is 17.4 Å². The lowest BCUT2D eigenvalue weighted by atomic mass is 10.2. The summed E-state index contributed by atoms with van der Waals surface area (Å²) >= 11 is 5.58. The van der Waals surface area contributed by atoms with Crippen LogP contribution >= 0.6 is 11.6 Å². The summed E-state index contributed by atoms with van der Waals surface area (Å²) in [6, 6.07) is 1.98. The molecule has 9 nitrogen and oxygen atoms in total. The molecule has 3 rings (SSSR count). The lowest BCUT2D eigenvalue weighted by Crippen LogP contribution is -2.44. The van der Waals surface area contributed by atoms with Gasteiger partial charge in [-0.25, -0.2) is 22.3 Å². The number of benzene rings is 1. The molecule has 1 aromatic rings. The monoisotopic (exact) mass is 418 g/mol. The number of carbonyl (C=O) groups is 3. The average Bonchev–Trinajstić information content (AvgIpc) is 3.21. The maximum absolute atomic E-state index is 13.2. The highest BCUT2D eigenvalue weighted by Gasteiger charge is 2.39. The second-order valence-electron chi connectivity index (χ2n) is 6.11. The summed E-state index contributed by atoms with van der Waals surface area (Å²) in [6.45, 7) is -0.139. The number of likely N-dealkylation sites (tertiary alicyclic amines) is 1. The van der Waals surface area contributed by atoms with E-state index in [0.29, 0.717) is 13.0 Å². The van der Waals surface area contributed by atoms with Gasteiger partial charge in [-0.2, -0.15) is 0 Å². The van der Waals surface area contributed by atoms with Gasteiger partial charge in [-0.15, -0.1) is 0 Å². The molecule has 2 aliphatic heterocycles. The van der Waals surface area contributed by atoms with Gasteiger partial charge in [0.1, 0.15) is 5.82 Å². The van der Waals surface area contributed by atoms with Gasteiger partial charge in [0.25, 0.3) is 0 Å². The first-order valence-corrected chi connectivity index (χ1v) is 9.87.